The van der Waals surface area contributed by atoms with Gasteiger partial charge in [-0.25, -0.2) is 0 Å². The number of phenols is 2. The minimum absolute atomic E-state index is 0. The molecule has 2 aromatic carbocycles. The molecule has 11 heteroatoms. The fourth-order valence-corrected chi connectivity index (χ4v) is 2.70. The van der Waals surface area contributed by atoms with Gasteiger partial charge in [0.2, 0.25) is 0 Å². The van der Waals surface area contributed by atoms with Gasteiger partial charge in [-0.1, -0.05) is 12.1 Å². The van der Waals surface area contributed by atoms with Gasteiger partial charge in [-0.3, -0.25) is 14.8 Å². The molecule has 0 aliphatic carbocycles. The smallest absolute Gasteiger partial charge is 0.504 e. The summed E-state index contributed by atoms with van der Waals surface area (Å²) in [6, 6.07) is 10.5. The molecule has 1 aliphatic rings. The summed E-state index contributed by atoms with van der Waals surface area (Å²) >= 11 is 0. The van der Waals surface area contributed by atoms with Crippen LogP contribution >= 0.6 is 0 Å². The molecule has 0 unspecified atom stereocenters. The average Bonchev–Trinajstić information content (AvgIpc) is 2.80. The minimum atomic E-state index is -0.833. The van der Waals surface area contributed by atoms with Gasteiger partial charge < -0.3 is 34.3 Å². The van der Waals surface area contributed by atoms with E-state index in [1.54, 1.807) is 48.8 Å². The number of hydrogen-bond acceptors (Lipinski definition) is 9. The molecule has 0 saturated heterocycles. The Morgan fingerprint density at radius 1 is 0.743 bits per heavy atom. The summed E-state index contributed by atoms with van der Waals surface area (Å²) in [6.45, 7) is 4.14. The summed E-state index contributed by atoms with van der Waals surface area (Å²) in [4.78, 5) is 17.6. The van der Waals surface area contributed by atoms with E-state index in [1.807, 2.05) is 0 Å². The van der Waals surface area contributed by atoms with E-state index in [-0.39, 0.29) is 28.6 Å². The Balaban J connectivity index is 0.00000114. The Morgan fingerprint density at radius 2 is 1.11 bits per heavy atom. The number of aliphatic carboxylic acids is 1. The molecule has 1 aliphatic heterocycles. The fourth-order valence-electron chi connectivity index (χ4n) is 2.70. The number of rotatable bonds is 0. The van der Waals surface area contributed by atoms with Crippen LogP contribution in [0.25, 0.3) is 0 Å². The van der Waals surface area contributed by atoms with Crippen LogP contribution in [0.4, 0.5) is 0 Å². The summed E-state index contributed by atoms with van der Waals surface area (Å²) in [5, 5.41) is 28.1. The number of hydrogen-bond donors (Lipinski definition) is 3. The number of para-hydroxylation sites is 2. The van der Waals surface area contributed by atoms with Crippen molar-refractivity contribution in [3.8, 4) is 23.0 Å². The molecule has 10 nitrogen and oxygen atoms in total. The molecule has 4 bridgehead atoms. The molecule has 3 N–H and O–H groups in total. The number of carboxylic acids is 1. The Morgan fingerprint density at radius 3 is 1.51 bits per heavy atom. The molecule has 35 heavy (non-hydrogen) atoms. The number of aromatic hydroxyl groups is 2. The minimum Gasteiger partial charge on any atom is -0.504 e. The van der Waals surface area contributed by atoms with Crippen molar-refractivity contribution in [2.24, 2.45) is 9.98 Å². The standard InChI is InChI=1S/C22H26N2O6.C2H4O2.Mn/c25-21-17-3-1-5-19(21)29-13-11-27-9-10-28-12-14-30-20-6-2-4-18(22(20)26)16-24-8-7-23-15-17;1-2(3)4;/h1-6,15-16,25-26H,7-14H2;1H3,(H,3,4);/q;;+2. The number of benzene rings is 2. The van der Waals surface area contributed by atoms with Crippen LogP contribution in [0.2, 0.25) is 0 Å². The van der Waals surface area contributed by atoms with Gasteiger partial charge in [-0.05, 0) is 24.3 Å². The number of carbonyl (C=O) groups is 1. The van der Waals surface area contributed by atoms with Crippen molar-refractivity contribution in [3.63, 3.8) is 0 Å². The molecule has 0 fully saturated rings. The molecule has 0 spiro atoms. The molecular weight excluding hydrogens is 499 g/mol. The van der Waals surface area contributed by atoms with Gasteiger partial charge in [0.15, 0.2) is 23.0 Å². The van der Waals surface area contributed by atoms with Crippen molar-refractivity contribution >= 4 is 18.4 Å². The maximum atomic E-state index is 10.3. The van der Waals surface area contributed by atoms with E-state index < -0.39 is 5.97 Å². The molecule has 0 saturated carbocycles. The van der Waals surface area contributed by atoms with Crippen molar-refractivity contribution in [1.82, 2.24) is 0 Å². The number of fused-ring (bicyclic) bond motifs is 4. The first-order valence-corrected chi connectivity index (χ1v) is 10.7. The zero-order valence-electron chi connectivity index (χ0n) is 19.4. The molecule has 2 aromatic rings. The molecule has 189 valence electrons. The van der Waals surface area contributed by atoms with Crippen molar-refractivity contribution in [1.29, 1.82) is 0 Å². The van der Waals surface area contributed by atoms with Gasteiger partial charge in [0.05, 0.1) is 39.5 Å². The molecule has 0 atom stereocenters. The van der Waals surface area contributed by atoms with Crippen LogP contribution in [0, 0.1) is 0 Å². The third-order valence-electron chi connectivity index (χ3n) is 4.22. The maximum Gasteiger partial charge on any atom is 2.00 e. The summed E-state index contributed by atoms with van der Waals surface area (Å²) in [6.07, 6.45) is 3.17. The zero-order valence-corrected chi connectivity index (χ0v) is 20.6. The van der Waals surface area contributed by atoms with Gasteiger partial charge in [0.1, 0.15) is 13.2 Å². The summed E-state index contributed by atoms with van der Waals surface area (Å²) in [5.41, 5.74) is 1.13. The second kappa shape index (κ2) is 17.3. The maximum absolute atomic E-state index is 10.3. The van der Waals surface area contributed by atoms with Crippen LogP contribution in [-0.2, 0) is 31.3 Å². The quantitative estimate of drug-likeness (QED) is 0.443. The van der Waals surface area contributed by atoms with Gasteiger partial charge >= 0.3 is 17.1 Å². The van der Waals surface area contributed by atoms with Crippen LogP contribution in [0.1, 0.15) is 18.1 Å². The number of ether oxygens (including phenoxy) is 4. The molecule has 0 aromatic heterocycles. The first-order valence-electron chi connectivity index (χ1n) is 10.7. The SMILES string of the molecule is CC(=O)O.Oc1c2cccc1OCCOCCOCCOc1cccc(c1O)C=NCCN=C2.[Mn+2]. The number of phenolic OH excluding ortho intramolecular Hbond substituents is 2. The Kier molecular flexibility index (Phi) is 14.8. The van der Waals surface area contributed by atoms with E-state index in [2.05, 4.69) is 9.98 Å². The first kappa shape index (κ1) is 29.9. The normalized spacial score (nSPS) is 14.9. The molecule has 3 rings (SSSR count). The average molecular weight is 529 g/mol. The third kappa shape index (κ3) is 11.7. The van der Waals surface area contributed by atoms with E-state index in [9.17, 15) is 10.2 Å². The summed E-state index contributed by atoms with van der Waals surface area (Å²) in [5.74, 6) is 0.00635. The summed E-state index contributed by atoms with van der Waals surface area (Å²) < 4.78 is 22.1. The van der Waals surface area contributed by atoms with E-state index in [0.717, 1.165) is 6.92 Å². The second-order valence-corrected chi connectivity index (χ2v) is 6.90. The number of nitrogens with zero attached hydrogens (tertiary/aromatic N) is 2. The molecule has 1 heterocycles. The Hall–Kier alpha value is -3.11. The van der Waals surface area contributed by atoms with Crippen molar-refractivity contribution in [2.45, 2.75) is 6.92 Å². The third-order valence-corrected chi connectivity index (χ3v) is 4.22. The largest absolute Gasteiger partial charge is 2.00 e. The number of aliphatic imine (C=N–C) groups is 2. The van der Waals surface area contributed by atoms with Crippen LogP contribution in [0.3, 0.4) is 0 Å². The van der Waals surface area contributed by atoms with Gasteiger partial charge in [0.25, 0.3) is 5.97 Å². The fraction of sp³-hybridized carbons (Fsp3) is 0.375. The van der Waals surface area contributed by atoms with Gasteiger partial charge in [-0.15, -0.1) is 0 Å². The first-order chi connectivity index (χ1) is 16.5. The van der Waals surface area contributed by atoms with Crippen molar-refractivity contribution in [2.75, 3.05) is 52.7 Å². The van der Waals surface area contributed by atoms with Crippen LogP contribution in [0.5, 0.6) is 23.0 Å². The van der Waals surface area contributed by atoms with E-state index in [4.69, 9.17) is 28.8 Å². The van der Waals surface area contributed by atoms with Gasteiger partial charge in [-0.2, -0.15) is 0 Å². The zero-order chi connectivity index (χ0) is 24.6. The molecule has 0 amide bonds. The second-order valence-electron chi connectivity index (χ2n) is 6.90. The predicted octanol–water partition coefficient (Wildman–Crippen LogP) is 2.53. The molecule has 1 radical (unpaired) electrons. The van der Waals surface area contributed by atoms with Crippen LogP contribution in [0.15, 0.2) is 46.4 Å². The summed E-state index contributed by atoms with van der Waals surface area (Å²) in [7, 11) is 0. The van der Waals surface area contributed by atoms with Crippen LogP contribution in [-0.4, -0.2) is 86.4 Å². The molecular formula is C24H30MnN2O8+2. The van der Waals surface area contributed by atoms with E-state index in [1.165, 1.54) is 0 Å². The van der Waals surface area contributed by atoms with Gasteiger partial charge in [0, 0.05) is 30.5 Å². The van der Waals surface area contributed by atoms with Crippen LogP contribution < -0.4 is 9.47 Å². The Bertz CT molecular complexity index is 893. The predicted molar refractivity (Wildman–Crippen MR) is 127 cm³/mol. The number of carboxylic acid groups (broad SMARTS) is 1. The van der Waals surface area contributed by atoms with Crippen molar-refractivity contribution in [3.05, 3.63) is 47.5 Å². The topological polar surface area (TPSA) is 139 Å². The van der Waals surface area contributed by atoms with Crippen molar-refractivity contribution < 1.29 is 56.1 Å². The van der Waals surface area contributed by atoms with E-state index >= 15 is 0 Å². The van der Waals surface area contributed by atoms with E-state index in [0.29, 0.717) is 75.4 Å². The monoisotopic (exact) mass is 529 g/mol. The Labute approximate surface area is 214 Å².